The molecule has 0 fully saturated rings. The summed E-state index contributed by atoms with van der Waals surface area (Å²) in [5.41, 5.74) is 0. The van der Waals surface area contributed by atoms with Crippen molar-refractivity contribution in [2.45, 2.75) is 301 Å². The Bertz CT molecular complexity index is 795. The molecule has 6 heteroatoms. The van der Waals surface area contributed by atoms with Gasteiger partial charge in [-0.3, -0.25) is 9.59 Å². The highest BCUT2D eigenvalue weighted by molar-refractivity contribution is 8.14. The molecule has 0 aromatic rings. The SMILES string of the molecule is CCCCCCCCCCC(CCCCCCCC)SC(=O)CCCCN(CCCCCO)CCCCC(=O)SC(CCCCCCCC)CCCCCCCCCC. The second-order valence-electron chi connectivity index (χ2n) is 18.4. The molecule has 0 aromatic carbocycles. The summed E-state index contributed by atoms with van der Waals surface area (Å²) in [5, 5.41) is 11.2. The van der Waals surface area contributed by atoms with E-state index in [4.69, 9.17) is 0 Å². The van der Waals surface area contributed by atoms with E-state index in [0.717, 1.165) is 64.6 Å². The number of aliphatic hydroxyl groups excluding tert-OH is 1. The Morgan fingerprint density at radius 1 is 0.356 bits per heavy atom. The quantitative estimate of drug-likeness (QED) is 0.0615. The molecule has 2 unspecified atom stereocenters. The molecule has 0 bridgehead atoms. The Balaban J connectivity index is 4.77. The van der Waals surface area contributed by atoms with E-state index in [-0.39, 0.29) is 6.61 Å². The van der Waals surface area contributed by atoms with Gasteiger partial charge in [-0.25, -0.2) is 0 Å². The molecule has 0 saturated carbocycles. The zero-order valence-electron chi connectivity index (χ0n) is 40.5. The van der Waals surface area contributed by atoms with E-state index >= 15 is 0 Å². The minimum Gasteiger partial charge on any atom is -0.396 e. The first-order valence-corrected chi connectivity index (χ1v) is 28.5. The van der Waals surface area contributed by atoms with Crippen molar-refractivity contribution in [1.29, 1.82) is 0 Å². The maximum Gasteiger partial charge on any atom is 0.189 e. The van der Waals surface area contributed by atoms with Crippen LogP contribution in [0.1, 0.15) is 291 Å². The van der Waals surface area contributed by atoms with Gasteiger partial charge in [0.2, 0.25) is 0 Å². The third-order valence-corrected chi connectivity index (χ3v) is 15.0. The fourth-order valence-corrected chi connectivity index (χ4v) is 10.9. The molecule has 0 aromatic heterocycles. The normalized spacial score (nSPS) is 12.8. The lowest BCUT2D eigenvalue weighted by Crippen LogP contribution is -2.27. The van der Waals surface area contributed by atoms with Crippen molar-refractivity contribution in [1.82, 2.24) is 4.90 Å². The van der Waals surface area contributed by atoms with Gasteiger partial charge in [-0.1, -0.05) is 231 Å². The summed E-state index contributed by atoms with van der Waals surface area (Å²) in [6.07, 6.45) is 51.0. The Labute approximate surface area is 379 Å². The maximum absolute atomic E-state index is 13.2. The lowest BCUT2D eigenvalue weighted by Gasteiger charge is -2.22. The number of hydrogen-bond donors (Lipinski definition) is 1. The van der Waals surface area contributed by atoms with Crippen molar-refractivity contribution in [3.63, 3.8) is 0 Å². The second kappa shape index (κ2) is 49.0. The fourth-order valence-electron chi connectivity index (χ4n) is 8.50. The number of thioether (sulfide) groups is 2. The lowest BCUT2D eigenvalue weighted by atomic mass is 10.0. The van der Waals surface area contributed by atoms with Crippen LogP contribution in [0.4, 0.5) is 0 Å². The van der Waals surface area contributed by atoms with Crippen molar-refractivity contribution in [3.8, 4) is 0 Å². The van der Waals surface area contributed by atoms with Gasteiger partial charge < -0.3 is 10.0 Å². The number of aliphatic hydroxyl groups is 1. The van der Waals surface area contributed by atoms with Crippen LogP contribution in [0.2, 0.25) is 0 Å². The van der Waals surface area contributed by atoms with Crippen molar-refractivity contribution < 1.29 is 14.7 Å². The zero-order chi connectivity index (χ0) is 43.1. The van der Waals surface area contributed by atoms with Crippen molar-refractivity contribution in [2.24, 2.45) is 0 Å². The first kappa shape index (κ1) is 59.0. The van der Waals surface area contributed by atoms with Crippen LogP contribution in [0.3, 0.4) is 0 Å². The predicted molar refractivity (Wildman–Crippen MR) is 268 cm³/mol. The van der Waals surface area contributed by atoms with Gasteiger partial charge in [-0.2, -0.15) is 0 Å². The summed E-state index contributed by atoms with van der Waals surface area (Å²) in [4.78, 5) is 29.1. The van der Waals surface area contributed by atoms with Gasteiger partial charge in [-0.15, -0.1) is 0 Å². The maximum atomic E-state index is 13.2. The molecule has 0 heterocycles. The van der Waals surface area contributed by atoms with Crippen LogP contribution in [0.25, 0.3) is 0 Å². The van der Waals surface area contributed by atoms with Gasteiger partial charge in [0, 0.05) is 29.9 Å². The minimum atomic E-state index is 0.275. The highest BCUT2D eigenvalue weighted by Crippen LogP contribution is 2.28. The molecular formula is C53H105NO3S2. The molecule has 0 saturated heterocycles. The molecule has 0 rings (SSSR count). The Hall–Kier alpha value is -0.0400. The number of nitrogens with zero attached hydrogens (tertiary/aromatic N) is 1. The molecule has 1 N–H and O–H groups in total. The van der Waals surface area contributed by atoms with Crippen LogP contribution in [0, 0.1) is 0 Å². The van der Waals surface area contributed by atoms with Gasteiger partial charge in [0.1, 0.15) is 0 Å². The second-order valence-corrected chi connectivity index (χ2v) is 21.1. The fraction of sp³-hybridized carbons (Fsp3) is 0.962. The van der Waals surface area contributed by atoms with E-state index in [1.165, 1.54) is 205 Å². The summed E-state index contributed by atoms with van der Waals surface area (Å²) in [5.74, 6) is 0. The van der Waals surface area contributed by atoms with Gasteiger partial charge in [0.05, 0.1) is 0 Å². The standard InChI is InChI=1S/C53H105NO3S2/c1-5-9-13-17-21-23-27-32-42-50(40-30-25-19-15-11-7-3)58-52(56)44-34-37-47-54(46-36-29-39-49-55)48-38-35-45-53(57)59-51(41-31-26-20-16-12-8-4)43-33-28-24-22-18-14-10-6-2/h50-51,55H,5-49H2,1-4H3. The van der Waals surface area contributed by atoms with Crippen LogP contribution < -0.4 is 0 Å². The zero-order valence-corrected chi connectivity index (χ0v) is 42.1. The number of carbonyl (C=O) groups excluding carboxylic acids is 2. The molecular weight excluding hydrogens is 763 g/mol. The molecule has 0 aliphatic carbocycles. The molecule has 0 spiro atoms. The average Bonchev–Trinajstić information content (AvgIpc) is 3.23. The summed E-state index contributed by atoms with van der Waals surface area (Å²) >= 11 is 3.39. The van der Waals surface area contributed by atoms with Crippen LogP contribution >= 0.6 is 23.5 Å². The first-order valence-electron chi connectivity index (χ1n) is 26.7. The number of carbonyl (C=O) groups is 2. The molecule has 352 valence electrons. The molecule has 2 atom stereocenters. The minimum absolute atomic E-state index is 0.275. The number of unbranched alkanes of at least 4 members (excludes halogenated alkanes) is 28. The summed E-state index contributed by atoms with van der Waals surface area (Å²) in [6, 6.07) is 0. The Kier molecular flexibility index (Phi) is 48.9. The Morgan fingerprint density at radius 2 is 0.610 bits per heavy atom. The first-order chi connectivity index (χ1) is 29.0. The van der Waals surface area contributed by atoms with E-state index in [2.05, 4.69) is 32.6 Å². The van der Waals surface area contributed by atoms with E-state index in [0.29, 0.717) is 33.6 Å². The van der Waals surface area contributed by atoms with Crippen molar-refractivity contribution in [3.05, 3.63) is 0 Å². The molecule has 0 aliphatic heterocycles. The number of rotatable bonds is 49. The van der Waals surface area contributed by atoms with Gasteiger partial charge in [-0.05, 0) is 90.3 Å². The molecule has 4 nitrogen and oxygen atoms in total. The largest absolute Gasteiger partial charge is 0.396 e. The van der Waals surface area contributed by atoms with E-state index in [1.807, 2.05) is 0 Å². The predicted octanol–water partition coefficient (Wildman–Crippen LogP) is 17.6. The third kappa shape index (κ3) is 44.4. The molecule has 59 heavy (non-hydrogen) atoms. The summed E-state index contributed by atoms with van der Waals surface area (Å²) in [7, 11) is 0. The Morgan fingerprint density at radius 3 is 0.898 bits per heavy atom. The van der Waals surface area contributed by atoms with Crippen LogP contribution in [0.15, 0.2) is 0 Å². The summed E-state index contributed by atoms with van der Waals surface area (Å²) in [6.45, 7) is 12.6. The van der Waals surface area contributed by atoms with Crippen LogP contribution in [-0.4, -0.2) is 57.0 Å². The average molecular weight is 869 g/mol. The highest BCUT2D eigenvalue weighted by atomic mass is 32.2. The van der Waals surface area contributed by atoms with Crippen molar-refractivity contribution >= 4 is 33.8 Å². The summed E-state index contributed by atoms with van der Waals surface area (Å²) < 4.78 is 0. The van der Waals surface area contributed by atoms with E-state index < -0.39 is 0 Å². The van der Waals surface area contributed by atoms with E-state index in [1.54, 1.807) is 23.5 Å². The topological polar surface area (TPSA) is 57.6 Å². The van der Waals surface area contributed by atoms with Gasteiger partial charge in [0.25, 0.3) is 0 Å². The monoisotopic (exact) mass is 868 g/mol. The van der Waals surface area contributed by atoms with Crippen LogP contribution in [0.5, 0.6) is 0 Å². The molecule has 0 radical (unpaired) electrons. The highest BCUT2D eigenvalue weighted by Gasteiger charge is 2.17. The van der Waals surface area contributed by atoms with E-state index in [9.17, 15) is 14.7 Å². The lowest BCUT2D eigenvalue weighted by molar-refractivity contribution is -0.111. The molecule has 0 aliphatic rings. The number of hydrogen-bond acceptors (Lipinski definition) is 6. The third-order valence-electron chi connectivity index (χ3n) is 12.5. The smallest absolute Gasteiger partial charge is 0.189 e. The molecule has 0 amide bonds. The van der Waals surface area contributed by atoms with Gasteiger partial charge in [0.15, 0.2) is 10.2 Å². The van der Waals surface area contributed by atoms with Crippen molar-refractivity contribution in [2.75, 3.05) is 26.2 Å². The van der Waals surface area contributed by atoms with Crippen LogP contribution in [-0.2, 0) is 9.59 Å². The van der Waals surface area contributed by atoms with Gasteiger partial charge >= 0.3 is 0 Å².